The number of aliphatic carboxylic acids is 3. The lowest BCUT2D eigenvalue weighted by Gasteiger charge is -2.25. The number of carboxylic acids is 3. The number of esters is 3. The van der Waals surface area contributed by atoms with Crippen LogP contribution in [0.25, 0.3) is 0 Å². The number of allylic oxidation sites excluding steroid dienone is 4. The van der Waals surface area contributed by atoms with Crippen molar-refractivity contribution in [3.63, 3.8) is 0 Å². The summed E-state index contributed by atoms with van der Waals surface area (Å²) in [5, 5.41) is 30.3. The molecule has 0 aromatic carbocycles. The average Bonchev–Trinajstić information content (AvgIpc) is 3.29. The van der Waals surface area contributed by atoms with E-state index in [0.29, 0.717) is 19.3 Å². The number of hydrogen-bond donors (Lipinski definition) is 4. The van der Waals surface area contributed by atoms with Crippen molar-refractivity contribution in [2.24, 2.45) is 0 Å². The zero-order valence-electron chi connectivity index (χ0n) is 42.2. The number of carbonyl (C=O) groups excluding carboxylic acids is 4. The molecule has 0 aromatic heterocycles. The molecule has 2 atom stereocenters. The lowest BCUT2D eigenvalue weighted by atomic mass is 10.1. The Labute approximate surface area is 409 Å². The molecule has 0 aliphatic heterocycles. The molecule has 0 bridgehead atoms. The SMILES string of the molecule is CCCCCCCC/C=C/CCCCCCCC(=O)OC[C@H](COC(=O)CCC(=O)NCCCCC(C(=O)O)N(CC(=O)O)CC(=O)O)OC(=O)CCCCCCC/C=C/CCCCCCCC. The number of hydrogen-bond acceptors (Lipinski definition) is 11. The summed E-state index contributed by atoms with van der Waals surface area (Å²) in [6.45, 7) is 2.51. The number of unbranched alkanes of at least 4 members (excludes halogenated alkanes) is 23. The van der Waals surface area contributed by atoms with Gasteiger partial charge in [-0.25, -0.2) is 0 Å². The first-order valence-electron chi connectivity index (χ1n) is 26.4. The van der Waals surface area contributed by atoms with Crippen LogP contribution in [0.1, 0.15) is 226 Å². The molecule has 0 rings (SSSR count). The van der Waals surface area contributed by atoms with Crippen LogP contribution in [0, 0.1) is 0 Å². The molecule has 1 unspecified atom stereocenters. The summed E-state index contributed by atoms with van der Waals surface area (Å²) in [5.41, 5.74) is 0. The van der Waals surface area contributed by atoms with Crippen LogP contribution in [0.5, 0.6) is 0 Å². The Kier molecular flexibility index (Phi) is 43.5. The van der Waals surface area contributed by atoms with Gasteiger partial charge in [0.25, 0.3) is 0 Å². The van der Waals surface area contributed by atoms with E-state index in [-0.39, 0.29) is 58.3 Å². The molecule has 0 fully saturated rings. The van der Waals surface area contributed by atoms with Crippen LogP contribution in [0.3, 0.4) is 0 Å². The molecule has 15 nitrogen and oxygen atoms in total. The molecule has 15 heteroatoms. The quantitative estimate of drug-likeness (QED) is 0.0193. The molecule has 0 spiro atoms. The van der Waals surface area contributed by atoms with Crippen molar-refractivity contribution in [3.05, 3.63) is 24.3 Å². The molecular weight excluding hydrogens is 873 g/mol. The Hall–Kier alpha value is -4.27. The molecule has 0 aromatic rings. The second-order valence-corrected chi connectivity index (χ2v) is 18.0. The van der Waals surface area contributed by atoms with Crippen molar-refractivity contribution < 1.29 is 63.1 Å². The first-order chi connectivity index (χ1) is 32.9. The Morgan fingerprint density at radius 2 is 0.868 bits per heavy atom. The van der Waals surface area contributed by atoms with Gasteiger partial charge in [-0.1, -0.05) is 141 Å². The fraction of sp³-hybridized carbons (Fsp3) is 0.792. The maximum atomic E-state index is 12.8. The summed E-state index contributed by atoms with van der Waals surface area (Å²) < 4.78 is 16.4. The summed E-state index contributed by atoms with van der Waals surface area (Å²) in [7, 11) is 0. The van der Waals surface area contributed by atoms with Crippen molar-refractivity contribution in [2.75, 3.05) is 32.8 Å². The molecule has 0 aliphatic rings. The molecule has 0 radical (unpaired) electrons. The van der Waals surface area contributed by atoms with E-state index >= 15 is 0 Å². The van der Waals surface area contributed by atoms with Crippen molar-refractivity contribution in [2.45, 2.75) is 238 Å². The number of carbonyl (C=O) groups is 7. The van der Waals surface area contributed by atoms with Gasteiger partial charge in [0.1, 0.15) is 19.3 Å². The van der Waals surface area contributed by atoms with E-state index in [4.69, 9.17) is 24.4 Å². The third-order valence-corrected chi connectivity index (χ3v) is 11.6. The number of carboxylic acid groups (broad SMARTS) is 3. The van der Waals surface area contributed by atoms with Crippen molar-refractivity contribution in [1.82, 2.24) is 10.2 Å². The summed E-state index contributed by atoms with van der Waals surface area (Å²) in [6, 6.07) is -1.33. The third kappa shape index (κ3) is 43.0. The Bertz CT molecular complexity index is 1390. The number of amides is 1. The zero-order valence-corrected chi connectivity index (χ0v) is 42.2. The zero-order chi connectivity index (χ0) is 50.3. The molecule has 0 aliphatic carbocycles. The minimum Gasteiger partial charge on any atom is -0.480 e. The average molecular weight is 965 g/mol. The van der Waals surface area contributed by atoms with Crippen LogP contribution >= 0.6 is 0 Å². The molecule has 68 heavy (non-hydrogen) atoms. The predicted octanol–water partition coefficient (Wildman–Crippen LogP) is 11.1. The Morgan fingerprint density at radius 1 is 0.471 bits per heavy atom. The van der Waals surface area contributed by atoms with E-state index < -0.39 is 67.0 Å². The summed E-state index contributed by atoms with van der Waals surface area (Å²) in [6.07, 6.45) is 38.3. The fourth-order valence-corrected chi connectivity index (χ4v) is 7.64. The van der Waals surface area contributed by atoms with E-state index in [1.165, 1.54) is 77.0 Å². The van der Waals surface area contributed by atoms with Crippen LogP contribution in [-0.2, 0) is 47.8 Å². The minimum absolute atomic E-state index is 0.0334. The number of ether oxygens (including phenoxy) is 3. The smallest absolute Gasteiger partial charge is 0.320 e. The second-order valence-electron chi connectivity index (χ2n) is 18.0. The van der Waals surface area contributed by atoms with Crippen molar-refractivity contribution in [3.8, 4) is 0 Å². The highest BCUT2D eigenvalue weighted by Gasteiger charge is 2.28. The van der Waals surface area contributed by atoms with E-state index in [1.54, 1.807) is 0 Å². The van der Waals surface area contributed by atoms with Gasteiger partial charge in [-0.2, -0.15) is 0 Å². The third-order valence-electron chi connectivity index (χ3n) is 11.6. The van der Waals surface area contributed by atoms with Crippen molar-refractivity contribution in [1.29, 1.82) is 0 Å². The van der Waals surface area contributed by atoms with Gasteiger partial charge in [0.15, 0.2) is 6.10 Å². The second kappa shape index (κ2) is 46.5. The normalized spacial score (nSPS) is 12.3. The van der Waals surface area contributed by atoms with Gasteiger partial charge < -0.3 is 34.8 Å². The molecule has 4 N–H and O–H groups in total. The van der Waals surface area contributed by atoms with Gasteiger partial charge in [0.05, 0.1) is 19.5 Å². The maximum absolute atomic E-state index is 12.8. The molecule has 0 saturated heterocycles. The molecule has 0 saturated carbocycles. The van der Waals surface area contributed by atoms with Gasteiger partial charge in [-0.05, 0) is 83.5 Å². The molecule has 0 heterocycles. The monoisotopic (exact) mass is 965 g/mol. The topological polar surface area (TPSA) is 223 Å². The fourth-order valence-electron chi connectivity index (χ4n) is 7.64. The van der Waals surface area contributed by atoms with Crippen molar-refractivity contribution >= 4 is 41.7 Å². The number of nitrogens with zero attached hydrogens (tertiary/aromatic N) is 1. The van der Waals surface area contributed by atoms with E-state index in [1.807, 2.05) is 0 Å². The molecule has 1 amide bonds. The van der Waals surface area contributed by atoms with Crippen LogP contribution in [-0.4, -0.2) is 107 Å². The van der Waals surface area contributed by atoms with Crippen LogP contribution < -0.4 is 5.32 Å². The predicted molar refractivity (Wildman–Crippen MR) is 265 cm³/mol. The first kappa shape index (κ1) is 63.7. The highest BCUT2D eigenvalue weighted by atomic mass is 16.6. The highest BCUT2D eigenvalue weighted by Crippen LogP contribution is 2.14. The lowest BCUT2D eigenvalue weighted by molar-refractivity contribution is -0.167. The van der Waals surface area contributed by atoms with Crippen LogP contribution in [0.15, 0.2) is 24.3 Å². The van der Waals surface area contributed by atoms with Gasteiger partial charge >= 0.3 is 35.8 Å². The van der Waals surface area contributed by atoms with Gasteiger partial charge in [0, 0.05) is 25.8 Å². The molecular formula is C53H92N2O13. The number of nitrogens with one attached hydrogen (secondary N) is 1. The van der Waals surface area contributed by atoms with E-state index in [2.05, 4.69) is 43.5 Å². The summed E-state index contributed by atoms with van der Waals surface area (Å²) in [5.74, 6) is -6.11. The van der Waals surface area contributed by atoms with E-state index in [9.17, 15) is 38.7 Å². The first-order valence-corrected chi connectivity index (χ1v) is 26.4. The Morgan fingerprint density at radius 3 is 1.29 bits per heavy atom. The summed E-state index contributed by atoms with van der Waals surface area (Å²) in [4.78, 5) is 85.3. The summed E-state index contributed by atoms with van der Waals surface area (Å²) >= 11 is 0. The lowest BCUT2D eigenvalue weighted by Crippen LogP contribution is -2.46. The van der Waals surface area contributed by atoms with Gasteiger partial charge in [-0.15, -0.1) is 0 Å². The van der Waals surface area contributed by atoms with Crippen LogP contribution in [0.2, 0.25) is 0 Å². The van der Waals surface area contributed by atoms with Crippen LogP contribution in [0.4, 0.5) is 0 Å². The minimum atomic E-state index is -1.35. The highest BCUT2D eigenvalue weighted by molar-refractivity contribution is 5.81. The van der Waals surface area contributed by atoms with E-state index in [0.717, 1.165) is 81.9 Å². The standard InChI is InChI=1S/C53H92N2O13/c1-3-5-7-9-11-13-15-17-19-21-23-25-27-29-31-36-50(61)66-43-45(68-52(63)37-32-30-28-26-24-22-20-18-16-14-12-10-8-6-4-2)44-67-51(62)39-38-47(56)54-40-34-33-35-46(53(64)65)55(41-48(57)58)42-49(59)60/h17-20,45-46H,3-16,21-44H2,1-2H3,(H,54,56)(H,57,58)(H,59,60)(H,64,65)/b19-17+,20-18+/t45-,46?/m1/s1. The molecule has 392 valence electrons. The maximum Gasteiger partial charge on any atom is 0.320 e. The van der Waals surface area contributed by atoms with Gasteiger partial charge in [0.2, 0.25) is 5.91 Å². The van der Waals surface area contributed by atoms with Gasteiger partial charge in [-0.3, -0.25) is 38.5 Å². The Balaban J connectivity index is 4.74. The number of rotatable bonds is 49. The largest absolute Gasteiger partial charge is 0.480 e.